The van der Waals surface area contributed by atoms with Crippen molar-refractivity contribution < 1.29 is 52.8 Å². The van der Waals surface area contributed by atoms with Gasteiger partial charge < -0.3 is 16.0 Å². The van der Waals surface area contributed by atoms with E-state index in [2.05, 4.69) is 44.3 Å². The summed E-state index contributed by atoms with van der Waals surface area (Å²) in [5.74, 6) is 0.720. The smallest absolute Gasteiger partial charge is 0.0748 e. The van der Waals surface area contributed by atoms with E-state index in [9.17, 15) is 0 Å². The molecule has 5 radical (unpaired) electrons. The van der Waals surface area contributed by atoms with Crippen molar-refractivity contribution in [2.24, 2.45) is 0 Å². The number of rotatable bonds is 3. The number of nitrogens with zero attached hydrogens (tertiary/aromatic N) is 4. The molecule has 0 saturated heterocycles. The quantitative estimate of drug-likeness (QED) is 0.204. The molecule has 2 aromatic carbocycles. The average molecular weight is 676 g/mol. The summed E-state index contributed by atoms with van der Waals surface area (Å²) in [6.07, 6.45) is 9.87. The molecule has 0 aliphatic heterocycles. The molecule has 7 heteroatoms. The van der Waals surface area contributed by atoms with Gasteiger partial charge in [0.25, 0.3) is 0 Å². The van der Waals surface area contributed by atoms with Crippen LogP contribution < -0.4 is 0 Å². The topological polar surface area (TPSA) is 51.6 Å². The predicted octanol–water partition coefficient (Wildman–Crippen LogP) is 4.77. The molecule has 0 aliphatic carbocycles. The molecule has 0 aliphatic rings. The Morgan fingerprint density at radius 2 is 1.36 bits per heavy atom. The summed E-state index contributed by atoms with van der Waals surface area (Å²) in [5, 5.41) is 0. The molecular formula is C26H16BIrN4Y-4. The minimum atomic E-state index is 0. The molecule has 0 saturated carbocycles. The zero-order chi connectivity index (χ0) is 20.4. The molecule has 0 amide bonds. The SMILES string of the molecule is [B].[Ir].[Y].[c-]1ccc(-c2[c-]nccc2)[c-]c1-c1ccccn1.[c-]1ccccc1-c1ncccn1. The van der Waals surface area contributed by atoms with E-state index in [0.29, 0.717) is 0 Å². The van der Waals surface area contributed by atoms with E-state index < -0.39 is 0 Å². The minimum Gasteiger partial charge on any atom is -0.360 e. The molecule has 3 aromatic heterocycles. The zero-order valence-electron chi connectivity index (χ0n) is 17.5. The molecule has 0 spiro atoms. The molecule has 0 atom stereocenters. The van der Waals surface area contributed by atoms with Crippen LogP contribution in [0.25, 0.3) is 33.8 Å². The van der Waals surface area contributed by atoms with Crippen molar-refractivity contribution >= 4 is 8.41 Å². The minimum absolute atomic E-state index is 0. The second-order valence-electron chi connectivity index (χ2n) is 6.12. The van der Waals surface area contributed by atoms with Crippen LogP contribution in [0.4, 0.5) is 0 Å². The molecule has 0 bridgehead atoms. The van der Waals surface area contributed by atoms with E-state index in [4.69, 9.17) is 0 Å². The van der Waals surface area contributed by atoms with Gasteiger partial charge in [0.05, 0.1) is 5.82 Å². The van der Waals surface area contributed by atoms with Crippen LogP contribution in [0.15, 0.2) is 97.6 Å². The molecule has 159 valence electrons. The van der Waals surface area contributed by atoms with Crippen LogP contribution in [0.5, 0.6) is 0 Å². The van der Waals surface area contributed by atoms with E-state index in [1.54, 1.807) is 30.9 Å². The Labute approximate surface area is 235 Å². The molecule has 3 heterocycles. The van der Waals surface area contributed by atoms with Gasteiger partial charge in [0, 0.05) is 79.8 Å². The first kappa shape index (κ1) is 28.7. The summed E-state index contributed by atoms with van der Waals surface area (Å²) in [4.78, 5) is 16.5. The van der Waals surface area contributed by atoms with E-state index in [0.717, 1.165) is 33.8 Å². The molecule has 0 N–H and O–H groups in total. The zero-order valence-corrected chi connectivity index (χ0v) is 22.7. The first-order valence-corrected chi connectivity index (χ1v) is 9.33. The van der Waals surface area contributed by atoms with Gasteiger partial charge in [-0.15, -0.1) is 54.1 Å². The van der Waals surface area contributed by atoms with Crippen LogP contribution in [0.2, 0.25) is 0 Å². The van der Waals surface area contributed by atoms with Gasteiger partial charge in [0.2, 0.25) is 0 Å². The predicted molar refractivity (Wildman–Crippen MR) is 121 cm³/mol. The third-order valence-corrected chi connectivity index (χ3v) is 4.07. The van der Waals surface area contributed by atoms with Gasteiger partial charge in [-0.05, 0) is 18.3 Å². The Balaban J connectivity index is 0.000000322. The first-order chi connectivity index (χ1) is 14.9. The normalized spacial score (nSPS) is 9.09. The van der Waals surface area contributed by atoms with Gasteiger partial charge >= 0.3 is 0 Å². The molecule has 0 unspecified atom stereocenters. The summed E-state index contributed by atoms with van der Waals surface area (Å²) >= 11 is 0. The fraction of sp³-hybridized carbons (Fsp3) is 0. The molecular weight excluding hydrogens is 660 g/mol. The number of aromatic nitrogens is 4. The summed E-state index contributed by atoms with van der Waals surface area (Å²) in [7, 11) is 0. The van der Waals surface area contributed by atoms with Crippen molar-refractivity contribution in [1.29, 1.82) is 0 Å². The second kappa shape index (κ2) is 15.5. The van der Waals surface area contributed by atoms with Crippen LogP contribution in [0, 0.1) is 24.4 Å². The van der Waals surface area contributed by atoms with Gasteiger partial charge in [-0.2, -0.15) is 5.56 Å². The first-order valence-electron chi connectivity index (χ1n) is 9.33. The number of benzene rings is 2. The van der Waals surface area contributed by atoms with E-state index >= 15 is 0 Å². The Kier molecular flexibility index (Phi) is 13.4. The standard InChI is InChI=1S/C16H9N2.C10H7N2.B.Ir.Y/c1-2-10-18-16(8-1)14-6-3-5-13(11-14)15-7-4-9-17-12-15;1-2-5-9(6-3-1)10-11-7-4-8-12-10;;;/h1-5,7-10H;1-5,7-8H;;;/q-3;-1;;;. The van der Waals surface area contributed by atoms with Gasteiger partial charge in [0.1, 0.15) is 0 Å². The third kappa shape index (κ3) is 8.49. The largest absolute Gasteiger partial charge is 0.360 e. The number of hydrogen-bond acceptors (Lipinski definition) is 4. The van der Waals surface area contributed by atoms with Crippen molar-refractivity contribution in [3.63, 3.8) is 0 Å². The maximum atomic E-state index is 4.30. The average Bonchev–Trinajstić information content (AvgIpc) is 2.87. The van der Waals surface area contributed by atoms with Crippen LogP contribution in [-0.4, -0.2) is 28.3 Å². The Morgan fingerprint density at radius 3 is 2.03 bits per heavy atom. The fourth-order valence-electron chi connectivity index (χ4n) is 2.67. The number of hydrogen-bond donors (Lipinski definition) is 0. The monoisotopic (exact) mass is 677 g/mol. The van der Waals surface area contributed by atoms with Crippen molar-refractivity contribution in [2.45, 2.75) is 0 Å². The van der Waals surface area contributed by atoms with Crippen LogP contribution in [-0.2, 0) is 52.8 Å². The van der Waals surface area contributed by atoms with Gasteiger partial charge in [-0.3, -0.25) is 33.2 Å². The molecule has 0 fully saturated rings. The van der Waals surface area contributed by atoms with E-state index in [1.807, 2.05) is 66.7 Å². The summed E-state index contributed by atoms with van der Waals surface area (Å²) in [5.41, 5.74) is 4.51. The Morgan fingerprint density at radius 1 is 0.606 bits per heavy atom. The molecule has 33 heavy (non-hydrogen) atoms. The maximum absolute atomic E-state index is 4.30. The van der Waals surface area contributed by atoms with Crippen LogP contribution in [0.3, 0.4) is 0 Å². The van der Waals surface area contributed by atoms with Gasteiger partial charge in [0.15, 0.2) is 0 Å². The second-order valence-corrected chi connectivity index (χ2v) is 6.12. The van der Waals surface area contributed by atoms with Gasteiger partial charge in [-0.1, -0.05) is 18.0 Å². The number of pyridine rings is 2. The fourth-order valence-corrected chi connectivity index (χ4v) is 2.67. The molecule has 4 nitrogen and oxygen atoms in total. The maximum Gasteiger partial charge on any atom is 0.0748 e. The van der Waals surface area contributed by atoms with Crippen molar-refractivity contribution in [1.82, 2.24) is 19.9 Å². The summed E-state index contributed by atoms with van der Waals surface area (Å²) < 4.78 is 0. The van der Waals surface area contributed by atoms with Crippen LogP contribution >= 0.6 is 0 Å². The third-order valence-electron chi connectivity index (χ3n) is 4.07. The van der Waals surface area contributed by atoms with E-state index in [-0.39, 0.29) is 61.2 Å². The van der Waals surface area contributed by atoms with Crippen molar-refractivity contribution in [3.8, 4) is 33.8 Å². The summed E-state index contributed by atoms with van der Waals surface area (Å²) in [6.45, 7) is 0. The van der Waals surface area contributed by atoms with Crippen molar-refractivity contribution in [3.05, 3.63) is 122 Å². The van der Waals surface area contributed by atoms with E-state index in [1.165, 1.54) is 0 Å². The summed E-state index contributed by atoms with van der Waals surface area (Å²) in [6, 6.07) is 32.4. The Hall–Kier alpha value is -2.36. The van der Waals surface area contributed by atoms with Crippen LogP contribution in [0.1, 0.15) is 0 Å². The van der Waals surface area contributed by atoms with Gasteiger partial charge in [-0.25, -0.2) is 6.07 Å². The Bertz CT molecular complexity index is 1090. The molecule has 5 rings (SSSR count). The van der Waals surface area contributed by atoms with Crippen molar-refractivity contribution in [2.75, 3.05) is 0 Å². The molecule has 5 aromatic rings.